The fourth-order valence-electron chi connectivity index (χ4n) is 4.03. The highest BCUT2D eigenvalue weighted by Gasteiger charge is 2.26. The lowest BCUT2D eigenvalue weighted by molar-refractivity contribution is 0.179. The summed E-state index contributed by atoms with van der Waals surface area (Å²) in [6, 6.07) is 4.45. The first-order valence-corrected chi connectivity index (χ1v) is 10.2. The molecule has 148 valence electrons. The maximum absolute atomic E-state index is 13.7. The normalized spacial score (nSPS) is 17.9. The lowest BCUT2D eigenvalue weighted by Gasteiger charge is -2.31. The fraction of sp³-hybridized carbons (Fsp3) is 0.619. The third-order valence-electron chi connectivity index (χ3n) is 5.45. The Labute approximate surface area is 160 Å². The highest BCUT2D eigenvalue weighted by atomic mass is 19.1. The topological polar surface area (TPSA) is 41.4 Å². The highest BCUT2D eigenvalue weighted by Crippen LogP contribution is 2.26. The van der Waals surface area contributed by atoms with Crippen LogP contribution in [0.25, 0.3) is 10.9 Å². The highest BCUT2D eigenvalue weighted by molar-refractivity contribution is 5.77. The second-order valence-electron chi connectivity index (χ2n) is 7.59. The van der Waals surface area contributed by atoms with Crippen molar-refractivity contribution in [2.24, 2.45) is 0 Å². The average molecular weight is 375 g/mol. The van der Waals surface area contributed by atoms with E-state index in [0.29, 0.717) is 17.4 Å². The number of nitrogens with zero attached hydrogens (tertiary/aromatic N) is 4. The molecule has 1 aliphatic rings. The van der Waals surface area contributed by atoms with Crippen LogP contribution in [0.5, 0.6) is 0 Å². The van der Waals surface area contributed by atoms with Crippen LogP contribution in [0.2, 0.25) is 0 Å². The van der Waals surface area contributed by atoms with Crippen LogP contribution in [0.15, 0.2) is 23.0 Å². The molecule has 0 amide bonds. The van der Waals surface area contributed by atoms with Crippen LogP contribution >= 0.6 is 0 Å². The smallest absolute Gasteiger partial charge is 0.261 e. The molecule has 6 heteroatoms. The predicted octanol–water partition coefficient (Wildman–Crippen LogP) is 3.42. The maximum atomic E-state index is 13.7. The third-order valence-corrected chi connectivity index (χ3v) is 5.45. The molecule has 1 fully saturated rings. The van der Waals surface area contributed by atoms with Crippen LogP contribution in [-0.4, -0.2) is 52.6 Å². The van der Waals surface area contributed by atoms with E-state index in [4.69, 9.17) is 4.98 Å². The summed E-state index contributed by atoms with van der Waals surface area (Å²) in [5.74, 6) is 0.449. The Kier molecular flexibility index (Phi) is 6.60. The van der Waals surface area contributed by atoms with E-state index in [1.807, 2.05) is 0 Å². The maximum Gasteiger partial charge on any atom is 0.261 e. The summed E-state index contributed by atoms with van der Waals surface area (Å²) < 4.78 is 15.5. The molecule has 5 nitrogen and oxygen atoms in total. The van der Waals surface area contributed by atoms with Gasteiger partial charge in [0.15, 0.2) is 0 Å². The number of likely N-dealkylation sites (N-methyl/N-ethyl adjacent to an activating group) is 1. The quantitative estimate of drug-likeness (QED) is 0.777. The summed E-state index contributed by atoms with van der Waals surface area (Å²) in [5.41, 5.74) is 0.473. The SMILES string of the molecule is CCCC(c1nc2ccc(F)cc2c(=O)n1CCC)N1CCCN(C)CC1. The Hall–Kier alpha value is -1.79. The van der Waals surface area contributed by atoms with Crippen LogP contribution in [0.4, 0.5) is 4.39 Å². The van der Waals surface area contributed by atoms with E-state index in [1.54, 1.807) is 10.6 Å². The standard InChI is InChI=1S/C21H31FN4O/c1-4-7-19(25-12-6-11-24(3)13-14-25)20-23-18-9-8-16(22)15-17(18)21(27)26(20)10-5-2/h8-9,15,19H,4-7,10-14H2,1-3H3. The summed E-state index contributed by atoms with van der Waals surface area (Å²) in [6.07, 6.45) is 3.96. The molecule has 1 saturated heterocycles. The minimum Gasteiger partial charge on any atom is -0.305 e. The van der Waals surface area contributed by atoms with Crippen molar-refractivity contribution in [3.63, 3.8) is 0 Å². The molecule has 27 heavy (non-hydrogen) atoms. The van der Waals surface area contributed by atoms with Gasteiger partial charge in [0.1, 0.15) is 11.6 Å². The lowest BCUT2D eigenvalue weighted by atomic mass is 10.1. The molecule has 0 bridgehead atoms. The van der Waals surface area contributed by atoms with E-state index < -0.39 is 5.82 Å². The molecule has 0 aliphatic carbocycles. The predicted molar refractivity (Wildman–Crippen MR) is 108 cm³/mol. The number of hydrogen-bond donors (Lipinski definition) is 0. The van der Waals surface area contributed by atoms with Gasteiger partial charge >= 0.3 is 0 Å². The zero-order valence-corrected chi connectivity index (χ0v) is 16.7. The zero-order valence-electron chi connectivity index (χ0n) is 16.7. The van der Waals surface area contributed by atoms with Gasteiger partial charge in [0.05, 0.1) is 16.9 Å². The molecular formula is C21H31FN4O. The van der Waals surface area contributed by atoms with Crippen molar-refractivity contribution in [3.8, 4) is 0 Å². The van der Waals surface area contributed by atoms with Gasteiger partial charge in [-0.25, -0.2) is 9.37 Å². The third kappa shape index (κ3) is 4.38. The molecule has 0 N–H and O–H groups in total. The molecule has 0 radical (unpaired) electrons. The minimum absolute atomic E-state index is 0.121. The van der Waals surface area contributed by atoms with Gasteiger partial charge in [0.25, 0.3) is 5.56 Å². The van der Waals surface area contributed by atoms with Crippen molar-refractivity contribution in [1.29, 1.82) is 0 Å². The van der Waals surface area contributed by atoms with Gasteiger partial charge in [-0.1, -0.05) is 20.3 Å². The van der Waals surface area contributed by atoms with Crippen LogP contribution in [0, 0.1) is 5.82 Å². The minimum atomic E-state index is -0.391. The Morgan fingerprint density at radius 3 is 2.70 bits per heavy atom. The number of fused-ring (bicyclic) bond motifs is 1. The van der Waals surface area contributed by atoms with E-state index in [1.165, 1.54) is 12.1 Å². The molecule has 1 aliphatic heterocycles. The molecular weight excluding hydrogens is 343 g/mol. The number of hydrogen-bond acceptors (Lipinski definition) is 4. The largest absolute Gasteiger partial charge is 0.305 e. The molecule has 1 aromatic carbocycles. The van der Waals surface area contributed by atoms with E-state index in [-0.39, 0.29) is 11.6 Å². The Morgan fingerprint density at radius 1 is 1.15 bits per heavy atom. The zero-order chi connectivity index (χ0) is 19.4. The first-order chi connectivity index (χ1) is 13.0. The van der Waals surface area contributed by atoms with Crippen molar-refractivity contribution in [3.05, 3.63) is 40.2 Å². The summed E-state index contributed by atoms with van der Waals surface area (Å²) >= 11 is 0. The first kappa shape index (κ1) is 20.0. The number of aromatic nitrogens is 2. The fourth-order valence-corrected chi connectivity index (χ4v) is 4.03. The van der Waals surface area contributed by atoms with E-state index in [9.17, 15) is 9.18 Å². The van der Waals surface area contributed by atoms with E-state index in [0.717, 1.165) is 57.7 Å². The Balaban J connectivity index is 2.11. The van der Waals surface area contributed by atoms with Crippen LogP contribution in [0.3, 0.4) is 0 Å². The summed E-state index contributed by atoms with van der Waals surface area (Å²) in [5, 5.41) is 0.373. The van der Waals surface area contributed by atoms with Gasteiger partial charge in [-0.05, 0) is 51.1 Å². The molecule has 3 rings (SSSR count). The summed E-state index contributed by atoms with van der Waals surface area (Å²) in [7, 11) is 2.16. The van der Waals surface area contributed by atoms with Crippen molar-refractivity contribution in [2.45, 2.75) is 52.1 Å². The molecule has 0 saturated carbocycles. The second-order valence-corrected chi connectivity index (χ2v) is 7.59. The number of halogens is 1. The van der Waals surface area contributed by atoms with Gasteiger partial charge in [-0.15, -0.1) is 0 Å². The van der Waals surface area contributed by atoms with E-state index in [2.05, 4.69) is 30.7 Å². The van der Waals surface area contributed by atoms with Crippen LogP contribution in [0.1, 0.15) is 51.4 Å². The monoisotopic (exact) mass is 374 g/mol. The Morgan fingerprint density at radius 2 is 1.96 bits per heavy atom. The molecule has 2 aromatic rings. The van der Waals surface area contributed by atoms with E-state index >= 15 is 0 Å². The lowest BCUT2D eigenvalue weighted by Crippen LogP contribution is -2.37. The molecule has 2 heterocycles. The van der Waals surface area contributed by atoms with Gasteiger partial charge in [0.2, 0.25) is 0 Å². The molecule has 1 unspecified atom stereocenters. The average Bonchev–Trinajstić information content (AvgIpc) is 2.87. The van der Waals surface area contributed by atoms with Crippen molar-refractivity contribution >= 4 is 10.9 Å². The summed E-state index contributed by atoms with van der Waals surface area (Å²) in [6.45, 7) is 8.96. The van der Waals surface area contributed by atoms with Crippen LogP contribution in [-0.2, 0) is 6.54 Å². The van der Waals surface area contributed by atoms with Crippen LogP contribution < -0.4 is 5.56 Å². The molecule has 1 aromatic heterocycles. The van der Waals surface area contributed by atoms with Gasteiger partial charge in [-0.3, -0.25) is 14.3 Å². The number of benzene rings is 1. The van der Waals surface area contributed by atoms with Crippen molar-refractivity contribution in [2.75, 3.05) is 33.2 Å². The van der Waals surface area contributed by atoms with Crippen molar-refractivity contribution in [1.82, 2.24) is 19.4 Å². The molecule has 0 spiro atoms. The number of rotatable bonds is 6. The second kappa shape index (κ2) is 8.93. The van der Waals surface area contributed by atoms with Gasteiger partial charge in [0, 0.05) is 26.2 Å². The Bertz CT molecular complexity index is 835. The first-order valence-electron chi connectivity index (χ1n) is 10.2. The van der Waals surface area contributed by atoms with Crippen molar-refractivity contribution < 1.29 is 4.39 Å². The van der Waals surface area contributed by atoms with Gasteiger partial charge in [-0.2, -0.15) is 0 Å². The van der Waals surface area contributed by atoms with Gasteiger partial charge < -0.3 is 4.90 Å². The molecule has 1 atom stereocenters. The summed E-state index contributed by atoms with van der Waals surface area (Å²) in [4.78, 5) is 22.9.